The highest BCUT2D eigenvalue weighted by Gasteiger charge is 2.13. The van der Waals surface area contributed by atoms with Crippen molar-refractivity contribution in [2.75, 3.05) is 5.73 Å². The Morgan fingerprint density at radius 3 is 2.28 bits per heavy atom. The molecule has 1 aromatic heterocycles. The fourth-order valence-electron chi connectivity index (χ4n) is 2.60. The van der Waals surface area contributed by atoms with Gasteiger partial charge >= 0.3 is 0 Å². The molecule has 1 heterocycles. The largest absolute Gasteiger partial charge is 0.399 e. The maximum Gasteiger partial charge on any atom is 0.123 e. The molecular formula is C15H15FN2. The first-order valence-electron chi connectivity index (χ1n) is 6.06. The second-order valence-corrected chi connectivity index (χ2v) is 4.90. The average molecular weight is 242 g/mol. The van der Waals surface area contributed by atoms with Crippen molar-refractivity contribution < 1.29 is 4.39 Å². The standard InChI is InChI=1S/C15H15FN2/c1-9(2)18-14-5-3-10(16)7-12(14)13-8-11(17)4-6-15(13)18/h3-9H,17H2,1-2H3. The Balaban J connectivity index is 2.56. The fraction of sp³-hybridized carbons (Fsp3) is 0.200. The smallest absolute Gasteiger partial charge is 0.123 e. The molecule has 2 N–H and O–H groups in total. The number of aromatic nitrogens is 1. The van der Waals surface area contributed by atoms with Crippen molar-refractivity contribution in [2.45, 2.75) is 19.9 Å². The second-order valence-electron chi connectivity index (χ2n) is 4.90. The molecule has 0 spiro atoms. The highest BCUT2D eigenvalue weighted by atomic mass is 19.1. The van der Waals surface area contributed by atoms with Gasteiger partial charge in [0, 0.05) is 33.5 Å². The zero-order chi connectivity index (χ0) is 12.9. The minimum Gasteiger partial charge on any atom is -0.399 e. The minimum absolute atomic E-state index is 0.215. The van der Waals surface area contributed by atoms with E-state index in [9.17, 15) is 4.39 Å². The lowest BCUT2D eigenvalue weighted by Gasteiger charge is -2.11. The predicted molar refractivity (Wildman–Crippen MR) is 74.2 cm³/mol. The van der Waals surface area contributed by atoms with Gasteiger partial charge in [0.1, 0.15) is 5.82 Å². The van der Waals surface area contributed by atoms with E-state index >= 15 is 0 Å². The number of benzene rings is 2. The first kappa shape index (κ1) is 11.1. The van der Waals surface area contributed by atoms with Gasteiger partial charge in [-0.2, -0.15) is 0 Å². The van der Waals surface area contributed by atoms with Crippen LogP contribution in [0.1, 0.15) is 19.9 Å². The number of anilines is 1. The maximum atomic E-state index is 13.4. The number of halogens is 1. The van der Waals surface area contributed by atoms with Crippen LogP contribution < -0.4 is 5.73 Å². The summed E-state index contributed by atoms with van der Waals surface area (Å²) in [5.41, 5.74) is 8.68. The topological polar surface area (TPSA) is 30.9 Å². The van der Waals surface area contributed by atoms with Gasteiger partial charge < -0.3 is 10.3 Å². The third kappa shape index (κ3) is 1.47. The fourth-order valence-corrected chi connectivity index (χ4v) is 2.60. The minimum atomic E-state index is -0.215. The van der Waals surface area contributed by atoms with Gasteiger partial charge in [-0.1, -0.05) is 0 Å². The summed E-state index contributed by atoms with van der Waals surface area (Å²) in [5.74, 6) is -0.215. The van der Waals surface area contributed by atoms with E-state index in [2.05, 4.69) is 18.4 Å². The van der Waals surface area contributed by atoms with E-state index in [1.807, 2.05) is 24.3 Å². The molecule has 2 nitrogen and oxygen atoms in total. The average Bonchev–Trinajstić information content (AvgIpc) is 2.62. The molecule has 0 aliphatic carbocycles. The lowest BCUT2D eigenvalue weighted by Crippen LogP contribution is -1.99. The molecule has 0 unspecified atom stereocenters. The summed E-state index contributed by atoms with van der Waals surface area (Å²) in [4.78, 5) is 0. The lowest BCUT2D eigenvalue weighted by molar-refractivity contribution is 0.626. The highest BCUT2D eigenvalue weighted by molar-refractivity contribution is 6.09. The summed E-state index contributed by atoms with van der Waals surface area (Å²) in [6.07, 6.45) is 0. The van der Waals surface area contributed by atoms with Gasteiger partial charge in [0.2, 0.25) is 0 Å². The normalized spacial score (nSPS) is 11.8. The molecule has 0 bridgehead atoms. The van der Waals surface area contributed by atoms with Crippen molar-refractivity contribution in [2.24, 2.45) is 0 Å². The Kier molecular flexibility index (Phi) is 2.30. The van der Waals surface area contributed by atoms with Gasteiger partial charge in [-0.25, -0.2) is 4.39 Å². The van der Waals surface area contributed by atoms with Crippen molar-refractivity contribution in [1.82, 2.24) is 4.57 Å². The number of hydrogen-bond acceptors (Lipinski definition) is 1. The highest BCUT2D eigenvalue weighted by Crippen LogP contribution is 2.33. The Morgan fingerprint density at radius 1 is 1.00 bits per heavy atom. The van der Waals surface area contributed by atoms with E-state index < -0.39 is 0 Å². The molecule has 2 aromatic carbocycles. The summed E-state index contributed by atoms with van der Waals surface area (Å²) < 4.78 is 15.6. The predicted octanol–water partition coefficient (Wildman–Crippen LogP) is 4.10. The molecule has 0 aliphatic heterocycles. The third-order valence-corrected chi connectivity index (χ3v) is 3.30. The number of fused-ring (bicyclic) bond motifs is 3. The second kappa shape index (κ2) is 3.73. The zero-order valence-corrected chi connectivity index (χ0v) is 10.4. The van der Waals surface area contributed by atoms with E-state index in [1.54, 1.807) is 6.07 Å². The van der Waals surface area contributed by atoms with Crippen LogP contribution in [0.5, 0.6) is 0 Å². The van der Waals surface area contributed by atoms with Crippen molar-refractivity contribution in [3.63, 3.8) is 0 Å². The summed E-state index contributed by atoms with van der Waals surface area (Å²) in [6.45, 7) is 4.25. The summed E-state index contributed by atoms with van der Waals surface area (Å²) >= 11 is 0. The van der Waals surface area contributed by atoms with Crippen molar-refractivity contribution >= 4 is 27.5 Å². The Morgan fingerprint density at radius 2 is 1.61 bits per heavy atom. The van der Waals surface area contributed by atoms with Crippen LogP contribution in [0.2, 0.25) is 0 Å². The summed E-state index contributed by atoms with van der Waals surface area (Å²) in [7, 11) is 0. The number of nitrogens with two attached hydrogens (primary N) is 1. The van der Waals surface area contributed by atoms with E-state index in [0.717, 1.165) is 21.8 Å². The number of nitrogen functional groups attached to an aromatic ring is 1. The van der Waals surface area contributed by atoms with Crippen LogP contribution in [0.15, 0.2) is 36.4 Å². The molecule has 0 saturated heterocycles. The molecule has 3 rings (SSSR count). The third-order valence-electron chi connectivity index (χ3n) is 3.30. The Labute approximate surface area is 105 Å². The zero-order valence-electron chi connectivity index (χ0n) is 10.4. The van der Waals surface area contributed by atoms with Crippen LogP contribution in [-0.2, 0) is 0 Å². The van der Waals surface area contributed by atoms with Gasteiger partial charge in [0.15, 0.2) is 0 Å². The van der Waals surface area contributed by atoms with Crippen LogP contribution in [-0.4, -0.2) is 4.57 Å². The lowest BCUT2D eigenvalue weighted by atomic mass is 10.1. The van der Waals surface area contributed by atoms with Crippen LogP contribution in [0, 0.1) is 5.82 Å². The van der Waals surface area contributed by atoms with E-state index in [4.69, 9.17) is 5.73 Å². The van der Waals surface area contributed by atoms with Gasteiger partial charge in [-0.05, 0) is 50.2 Å². The Hall–Kier alpha value is -2.03. The van der Waals surface area contributed by atoms with Crippen LogP contribution in [0.25, 0.3) is 21.8 Å². The molecule has 0 amide bonds. The van der Waals surface area contributed by atoms with E-state index in [1.165, 1.54) is 6.07 Å². The van der Waals surface area contributed by atoms with Crippen molar-refractivity contribution in [1.29, 1.82) is 0 Å². The van der Waals surface area contributed by atoms with E-state index in [0.29, 0.717) is 11.7 Å². The van der Waals surface area contributed by atoms with E-state index in [-0.39, 0.29) is 5.82 Å². The molecule has 3 heteroatoms. The first-order chi connectivity index (χ1) is 8.58. The van der Waals surface area contributed by atoms with Gasteiger partial charge in [-0.15, -0.1) is 0 Å². The van der Waals surface area contributed by atoms with Gasteiger partial charge in [0.25, 0.3) is 0 Å². The summed E-state index contributed by atoms with van der Waals surface area (Å²) in [6, 6.07) is 11.0. The molecule has 92 valence electrons. The first-order valence-corrected chi connectivity index (χ1v) is 6.06. The molecule has 0 atom stereocenters. The SMILES string of the molecule is CC(C)n1c2ccc(N)cc2c2cc(F)ccc21. The number of nitrogens with zero attached hydrogens (tertiary/aromatic N) is 1. The van der Waals surface area contributed by atoms with Crippen LogP contribution >= 0.6 is 0 Å². The quantitative estimate of drug-likeness (QED) is 0.640. The maximum absolute atomic E-state index is 13.4. The molecular weight excluding hydrogens is 227 g/mol. The van der Waals surface area contributed by atoms with Gasteiger partial charge in [-0.3, -0.25) is 0 Å². The van der Waals surface area contributed by atoms with Crippen LogP contribution in [0.4, 0.5) is 10.1 Å². The number of hydrogen-bond donors (Lipinski definition) is 1. The molecule has 3 aromatic rings. The molecule has 0 saturated carbocycles. The summed E-state index contributed by atoms with van der Waals surface area (Å²) in [5, 5.41) is 1.93. The Bertz CT molecular complexity index is 682. The monoisotopic (exact) mass is 242 g/mol. The molecule has 0 fully saturated rings. The molecule has 0 aliphatic rings. The van der Waals surface area contributed by atoms with Gasteiger partial charge in [0.05, 0.1) is 0 Å². The van der Waals surface area contributed by atoms with Crippen molar-refractivity contribution in [3.05, 3.63) is 42.2 Å². The molecule has 18 heavy (non-hydrogen) atoms. The number of rotatable bonds is 1. The van der Waals surface area contributed by atoms with Crippen LogP contribution in [0.3, 0.4) is 0 Å². The molecule has 0 radical (unpaired) electrons. The van der Waals surface area contributed by atoms with Crippen molar-refractivity contribution in [3.8, 4) is 0 Å².